The van der Waals surface area contributed by atoms with Crippen molar-refractivity contribution in [2.45, 2.75) is 57.8 Å². The normalized spacial score (nSPS) is 17.8. The lowest BCUT2D eigenvalue weighted by molar-refractivity contribution is -0.145. The fourth-order valence-electron chi connectivity index (χ4n) is 3.83. The van der Waals surface area contributed by atoms with E-state index in [4.69, 9.17) is 11.6 Å². The third-order valence-corrected chi connectivity index (χ3v) is 5.51. The summed E-state index contributed by atoms with van der Waals surface area (Å²) in [6.45, 7) is 0. The molecule has 0 aliphatic heterocycles. The molecular formula is C20H27ClO4. The van der Waals surface area contributed by atoms with Crippen LogP contribution < -0.4 is 0 Å². The molecule has 1 aliphatic carbocycles. The van der Waals surface area contributed by atoms with E-state index in [1.54, 1.807) is 18.2 Å². The minimum atomic E-state index is -0.873. The van der Waals surface area contributed by atoms with Crippen molar-refractivity contribution in [1.29, 1.82) is 0 Å². The summed E-state index contributed by atoms with van der Waals surface area (Å²) in [7, 11) is 0. The lowest BCUT2D eigenvalue weighted by Gasteiger charge is -2.25. The van der Waals surface area contributed by atoms with E-state index in [2.05, 4.69) is 0 Å². The van der Waals surface area contributed by atoms with E-state index in [9.17, 15) is 19.8 Å². The van der Waals surface area contributed by atoms with Gasteiger partial charge < -0.3 is 10.2 Å². The van der Waals surface area contributed by atoms with E-state index < -0.39 is 23.8 Å². The summed E-state index contributed by atoms with van der Waals surface area (Å²) in [6.07, 6.45) is 7.69. The molecule has 0 bridgehead atoms. The molecule has 138 valence electrons. The van der Waals surface area contributed by atoms with Crippen LogP contribution in [0.1, 0.15) is 56.9 Å². The van der Waals surface area contributed by atoms with Gasteiger partial charge in [-0.05, 0) is 49.3 Å². The molecule has 1 aromatic carbocycles. The molecule has 0 spiro atoms. The van der Waals surface area contributed by atoms with Gasteiger partial charge >= 0.3 is 11.9 Å². The molecule has 0 amide bonds. The van der Waals surface area contributed by atoms with Crippen molar-refractivity contribution in [2.24, 2.45) is 17.8 Å². The maximum absolute atomic E-state index is 11.6. The Morgan fingerprint density at radius 1 is 1.04 bits per heavy atom. The third kappa shape index (κ3) is 6.69. The quantitative estimate of drug-likeness (QED) is 0.642. The van der Waals surface area contributed by atoms with E-state index in [1.807, 2.05) is 6.07 Å². The molecule has 2 unspecified atom stereocenters. The molecule has 5 heteroatoms. The van der Waals surface area contributed by atoms with Gasteiger partial charge in [0, 0.05) is 5.02 Å². The van der Waals surface area contributed by atoms with Crippen LogP contribution in [0.15, 0.2) is 24.3 Å². The van der Waals surface area contributed by atoms with Crippen LogP contribution in [0.2, 0.25) is 5.02 Å². The maximum Gasteiger partial charge on any atom is 0.306 e. The van der Waals surface area contributed by atoms with Crippen LogP contribution in [0.25, 0.3) is 0 Å². The van der Waals surface area contributed by atoms with E-state index in [-0.39, 0.29) is 0 Å². The zero-order chi connectivity index (χ0) is 18.2. The van der Waals surface area contributed by atoms with Crippen molar-refractivity contribution < 1.29 is 19.8 Å². The van der Waals surface area contributed by atoms with E-state index in [0.29, 0.717) is 36.6 Å². The minimum Gasteiger partial charge on any atom is -0.481 e. The monoisotopic (exact) mass is 366 g/mol. The van der Waals surface area contributed by atoms with Gasteiger partial charge in [0.25, 0.3) is 0 Å². The van der Waals surface area contributed by atoms with Crippen LogP contribution in [0, 0.1) is 17.8 Å². The second-order valence-electron chi connectivity index (χ2n) is 7.22. The largest absolute Gasteiger partial charge is 0.481 e. The second-order valence-corrected chi connectivity index (χ2v) is 7.66. The molecule has 1 aliphatic rings. The van der Waals surface area contributed by atoms with Crippen LogP contribution in [-0.2, 0) is 16.0 Å². The summed E-state index contributed by atoms with van der Waals surface area (Å²) in [5, 5.41) is 19.6. The number of hydrogen-bond acceptors (Lipinski definition) is 2. The number of benzene rings is 1. The standard InChI is InChI=1S/C20H27ClO4/c21-18-8-4-7-15(13-18)12-17(20(24)25)10-9-16(19(22)23)11-14-5-2-1-3-6-14/h4,7-8,13-14,16-17H,1-3,5-6,9-12H2,(H,22,23)(H,24,25). The highest BCUT2D eigenvalue weighted by Gasteiger charge is 2.26. The Balaban J connectivity index is 1.92. The SMILES string of the molecule is O=C(O)C(CCC(CC1CCCCC1)C(=O)O)Cc1cccc(Cl)c1. The highest BCUT2D eigenvalue weighted by Crippen LogP contribution is 2.31. The first kappa shape index (κ1) is 19.8. The van der Waals surface area contributed by atoms with E-state index >= 15 is 0 Å². The van der Waals surface area contributed by atoms with Crippen molar-refractivity contribution >= 4 is 23.5 Å². The van der Waals surface area contributed by atoms with Gasteiger partial charge in [0.1, 0.15) is 0 Å². The van der Waals surface area contributed by atoms with Crippen molar-refractivity contribution in [3.8, 4) is 0 Å². The minimum absolute atomic E-state index is 0.380. The van der Waals surface area contributed by atoms with Crippen molar-refractivity contribution in [3.05, 3.63) is 34.9 Å². The molecule has 2 rings (SSSR count). The van der Waals surface area contributed by atoms with Crippen LogP contribution in [-0.4, -0.2) is 22.2 Å². The number of carbonyl (C=O) groups is 2. The molecule has 2 atom stereocenters. The van der Waals surface area contributed by atoms with Crippen LogP contribution >= 0.6 is 11.6 Å². The Kier molecular flexibility index (Phi) is 7.76. The van der Waals surface area contributed by atoms with Gasteiger partial charge in [0.05, 0.1) is 11.8 Å². The first-order valence-corrected chi connectivity index (χ1v) is 9.53. The molecule has 0 aromatic heterocycles. The van der Waals surface area contributed by atoms with Crippen molar-refractivity contribution in [2.75, 3.05) is 0 Å². The predicted molar refractivity (Wildman–Crippen MR) is 97.8 cm³/mol. The van der Waals surface area contributed by atoms with Gasteiger partial charge in [-0.15, -0.1) is 0 Å². The number of halogens is 1. The number of rotatable bonds is 9. The maximum atomic E-state index is 11.6. The lowest BCUT2D eigenvalue weighted by Crippen LogP contribution is -2.23. The number of hydrogen-bond donors (Lipinski definition) is 2. The summed E-state index contributed by atoms with van der Waals surface area (Å²) in [6, 6.07) is 7.19. The van der Waals surface area contributed by atoms with E-state index in [1.165, 1.54) is 19.3 Å². The molecule has 25 heavy (non-hydrogen) atoms. The number of aliphatic carboxylic acids is 2. The molecule has 2 N–H and O–H groups in total. The molecule has 1 fully saturated rings. The molecule has 1 aromatic rings. The van der Waals surface area contributed by atoms with Gasteiger partial charge in [-0.25, -0.2) is 0 Å². The van der Waals surface area contributed by atoms with Gasteiger partial charge in [0.15, 0.2) is 0 Å². The lowest BCUT2D eigenvalue weighted by atomic mass is 9.80. The average molecular weight is 367 g/mol. The fraction of sp³-hybridized carbons (Fsp3) is 0.600. The first-order valence-electron chi connectivity index (χ1n) is 9.15. The Morgan fingerprint density at radius 2 is 1.68 bits per heavy atom. The summed E-state index contributed by atoms with van der Waals surface area (Å²) in [5.41, 5.74) is 0.874. The van der Waals surface area contributed by atoms with Gasteiger partial charge in [-0.2, -0.15) is 0 Å². The first-order chi connectivity index (χ1) is 12.0. The Morgan fingerprint density at radius 3 is 2.28 bits per heavy atom. The van der Waals surface area contributed by atoms with Crippen molar-refractivity contribution in [1.82, 2.24) is 0 Å². The van der Waals surface area contributed by atoms with Gasteiger partial charge in [0.2, 0.25) is 0 Å². The number of carboxylic acids is 2. The molecule has 0 saturated heterocycles. The molecule has 0 radical (unpaired) electrons. The molecular weight excluding hydrogens is 340 g/mol. The Hall–Kier alpha value is -1.55. The highest BCUT2D eigenvalue weighted by molar-refractivity contribution is 6.30. The smallest absolute Gasteiger partial charge is 0.306 e. The fourth-order valence-corrected chi connectivity index (χ4v) is 4.04. The van der Waals surface area contributed by atoms with Crippen LogP contribution in [0.4, 0.5) is 0 Å². The molecule has 4 nitrogen and oxygen atoms in total. The van der Waals surface area contributed by atoms with Gasteiger partial charge in [-0.1, -0.05) is 55.8 Å². The summed E-state index contributed by atoms with van der Waals surface area (Å²) in [4.78, 5) is 23.2. The third-order valence-electron chi connectivity index (χ3n) is 5.28. The topological polar surface area (TPSA) is 74.6 Å². The number of carboxylic acid groups (broad SMARTS) is 2. The average Bonchev–Trinajstić information content (AvgIpc) is 2.57. The zero-order valence-electron chi connectivity index (χ0n) is 14.5. The Labute approximate surface area is 154 Å². The van der Waals surface area contributed by atoms with Crippen LogP contribution in [0.5, 0.6) is 0 Å². The highest BCUT2D eigenvalue weighted by atomic mass is 35.5. The molecule has 0 heterocycles. The molecule has 1 saturated carbocycles. The summed E-state index contributed by atoms with van der Waals surface area (Å²) in [5.74, 6) is -2.21. The van der Waals surface area contributed by atoms with Crippen molar-refractivity contribution in [3.63, 3.8) is 0 Å². The summed E-state index contributed by atoms with van der Waals surface area (Å²) >= 11 is 5.96. The Bertz CT molecular complexity index is 581. The summed E-state index contributed by atoms with van der Waals surface area (Å²) < 4.78 is 0. The second kappa shape index (κ2) is 9.81. The van der Waals surface area contributed by atoms with E-state index in [0.717, 1.165) is 18.4 Å². The van der Waals surface area contributed by atoms with Crippen LogP contribution in [0.3, 0.4) is 0 Å². The zero-order valence-corrected chi connectivity index (χ0v) is 15.3. The predicted octanol–water partition coefficient (Wildman–Crippen LogP) is 5.03. The van der Waals surface area contributed by atoms with Gasteiger partial charge in [-0.3, -0.25) is 9.59 Å².